The summed E-state index contributed by atoms with van der Waals surface area (Å²) in [6.45, 7) is 1.61. The first kappa shape index (κ1) is 20.5. The van der Waals surface area contributed by atoms with Gasteiger partial charge in [0.25, 0.3) is 5.69 Å². The standard InChI is InChI=1S/C21H16F4N2O2/c1-12(15-10-18(23)20(25)19(24)11-15)26-21(13-5-7-16(22)8-6-13)14-3-2-4-17(9-14)27(28)29/h2-12,21,26H,1H3. The van der Waals surface area contributed by atoms with Crippen molar-refractivity contribution in [3.63, 3.8) is 0 Å². The molecule has 8 heteroatoms. The van der Waals surface area contributed by atoms with Crippen LogP contribution in [0.1, 0.15) is 35.7 Å². The minimum Gasteiger partial charge on any atom is -0.300 e. The van der Waals surface area contributed by atoms with Gasteiger partial charge in [0.2, 0.25) is 0 Å². The molecule has 3 aromatic rings. The van der Waals surface area contributed by atoms with Gasteiger partial charge in [0, 0.05) is 18.2 Å². The summed E-state index contributed by atoms with van der Waals surface area (Å²) in [5.74, 6) is -4.65. The van der Waals surface area contributed by atoms with Gasteiger partial charge >= 0.3 is 0 Å². The Hall–Kier alpha value is -3.26. The van der Waals surface area contributed by atoms with E-state index in [9.17, 15) is 27.7 Å². The number of nitrogens with zero attached hydrogens (tertiary/aromatic N) is 1. The molecule has 0 fully saturated rings. The van der Waals surface area contributed by atoms with Crippen LogP contribution < -0.4 is 5.32 Å². The van der Waals surface area contributed by atoms with Crippen molar-refractivity contribution in [1.82, 2.24) is 5.32 Å². The van der Waals surface area contributed by atoms with Crippen molar-refractivity contribution in [3.8, 4) is 0 Å². The van der Waals surface area contributed by atoms with Crippen LogP contribution in [0.15, 0.2) is 60.7 Å². The van der Waals surface area contributed by atoms with E-state index in [2.05, 4.69) is 5.32 Å². The molecular weight excluding hydrogens is 388 g/mol. The Labute approximate surface area is 164 Å². The number of hydrogen-bond donors (Lipinski definition) is 1. The maximum absolute atomic E-state index is 13.6. The van der Waals surface area contributed by atoms with Crippen molar-refractivity contribution >= 4 is 5.69 Å². The molecule has 0 amide bonds. The molecule has 2 unspecified atom stereocenters. The van der Waals surface area contributed by atoms with Gasteiger partial charge in [-0.05, 0) is 47.9 Å². The van der Waals surface area contributed by atoms with Crippen molar-refractivity contribution in [2.45, 2.75) is 19.0 Å². The SMILES string of the molecule is CC(NC(c1ccc(F)cc1)c1cccc([N+](=O)[O-])c1)c1cc(F)c(F)c(F)c1. The molecule has 0 saturated heterocycles. The molecule has 0 saturated carbocycles. The van der Waals surface area contributed by atoms with Crippen LogP contribution in [-0.2, 0) is 0 Å². The monoisotopic (exact) mass is 404 g/mol. The number of hydrogen-bond acceptors (Lipinski definition) is 3. The first-order valence-corrected chi connectivity index (χ1v) is 8.66. The fraction of sp³-hybridized carbons (Fsp3) is 0.143. The van der Waals surface area contributed by atoms with E-state index in [1.54, 1.807) is 13.0 Å². The van der Waals surface area contributed by atoms with Crippen LogP contribution in [0.5, 0.6) is 0 Å². The minimum atomic E-state index is -1.56. The molecule has 0 aromatic heterocycles. The average Bonchev–Trinajstić information content (AvgIpc) is 2.70. The van der Waals surface area contributed by atoms with E-state index in [0.717, 1.165) is 12.1 Å². The van der Waals surface area contributed by atoms with Gasteiger partial charge in [0.1, 0.15) is 5.82 Å². The smallest absolute Gasteiger partial charge is 0.269 e. The molecular formula is C21H16F4N2O2. The van der Waals surface area contributed by atoms with Gasteiger partial charge in [-0.1, -0.05) is 24.3 Å². The molecule has 150 valence electrons. The number of benzene rings is 3. The molecule has 2 atom stereocenters. The highest BCUT2D eigenvalue weighted by Gasteiger charge is 2.21. The summed E-state index contributed by atoms with van der Waals surface area (Å²) in [7, 11) is 0. The Morgan fingerprint density at radius 2 is 1.48 bits per heavy atom. The molecule has 0 heterocycles. The highest BCUT2D eigenvalue weighted by atomic mass is 19.2. The number of halogens is 4. The zero-order valence-corrected chi connectivity index (χ0v) is 15.2. The first-order chi connectivity index (χ1) is 13.8. The van der Waals surface area contributed by atoms with Crippen LogP contribution >= 0.6 is 0 Å². The summed E-state index contributed by atoms with van der Waals surface area (Å²) in [5, 5.41) is 14.2. The van der Waals surface area contributed by atoms with E-state index in [1.807, 2.05) is 0 Å². The normalized spacial score (nSPS) is 13.1. The summed E-state index contributed by atoms with van der Waals surface area (Å²) >= 11 is 0. The molecule has 3 rings (SSSR count). The summed E-state index contributed by atoms with van der Waals surface area (Å²) < 4.78 is 53.8. The molecule has 29 heavy (non-hydrogen) atoms. The number of non-ortho nitro benzene ring substituents is 1. The summed E-state index contributed by atoms with van der Waals surface area (Å²) in [4.78, 5) is 10.6. The summed E-state index contributed by atoms with van der Waals surface area (Å²) in [6.07, 6.45) is 0. The van der Waals surface area contributed by atoms with Gasteiger partial charge < -0.3 is 0 Å². The predicted octanol–water partition coefficient (Wildman–Crippen LogP) is 5.59. The average molecular weight is 404 g/mol. The van der Waals surface area contributed by atoms with Gasteiger partial charge in [0.15, 0.2) is 17.5 Å². The number of nitro groups is 1. The van der Waals surface area contributed by atoms with Crippen LogP contribution in [0, 0.1) is 33.4 Å². The fourth-order valence-electron chi connectivity index (χ4n) is 3.03. The minimum absolute atomic E-state index is 0.136. The van der Waals surface area contributed by atoms with Gasteiger partial charge in [-0.15, -0.1) is 0 Å². The number of rotatable bonds is 6. The molecule has 3 aromatic carbocycles. The molecule has 0 aliphatic heterocycles. The zero-order chi connectivity index (χ0) is 21.1. The third-order valence-electron chi connectivity index (χ3n) is 4.54. The second kappa shape index (κ2) is 8.40. The van der Waals surface area contributed by atoms with Crippen LogP contribution in [0.2, 0.25) is 0 Å². The molecule has 0 bridgehead atoms. The Morgan fingerprint density at radius 3 is 2.07 bits per heavy atom. The lowest BCUT2D eigenvalue weighted by molar-refractivity contribution is -0.384. The van der Waals surface area contributed by atoms with E-state index in [0.29, 0.717) is 11.1 Å². The van der Waals surface area contributed by atoms with E-state index in [4.69, 9.17) is 0 Å². The maximum Gasteiger partial charge on any atom is 0.269 e. The molecule has 0 spiro atoms. The van der Waals surface area contributed by atoms with Crippen LogP contribution in [0.4, 0.5) is 23.2 Å². The third kappa shape index (κ3) is 4.60. The lowest BCUT2D eigenvalue weighted by Gasteiger charge is -2.25. The van der Waals surface area contributed by atoms with Crippen molar-refractivity contribution in [1.29, 1.82) is 0 Å². The zero-order valence-electron chi connectivity index (χ0n) is 15.2. The Bertz CT molecular complexity index is 1020. The molecule has 0 aliphatic rings. The number of nitro benzene ring substituents is 1. The largest absolute Gasteiger partial charge is 0.300 e. The predicted molar refractivity (Wildman–Crippen MR) is 99.2 cm³/mol. The molecule has 1 N–H and O–H groups in total. The molecule has 0 aliphatic carbocycles. The van der Waals surface area contributed by atoms with Gasteiger partial charge in [-0.2, -0.15) is 0 Å². The Balaban J connectivity index is 2.00. The topological polar surface area (TPSA) is 55.2 Å². The van der Waals surface area contributed by atoms with E-state index < -0.39 is 40.3 Å². The molecule has 0 radical (unpaired) electrons. The van der Waals surface area contributed by atoms with Crippen LogP contribution in [0.3, 0.4) is 0 Å². The lowest BCUT2D eigenvalue weighted by Crippen LogP contribution is -2.26. The fourth-order valence-corrected chi connectivity index (χ4v) is 3.03. The van der Waals surface area contributed by atoms with Crippen molar-refractivity contribution < 1.29 is 22.5 Å². The van der Waals surface area contributed by atoms with Crippen molar-refractivity contribution in [2.75, 3.05) is 0 Å². The van der Waals surface area contributed by atoms with Gasteiger partial charge in [-0.25, -0.2) is 17.6 Å². The van der Waals surface area contributed by atoms with Gasteiger partial charge in [0.05, 0.1) is 11.0 Å². The maximum atomic E-state index is 13.6. The molecule has 4 nitrogen and oxygen atoms in total. The van der Waals surface area contributed by atoms with Crippen LogP contribution in [0.25, 0.3) is 0 Å². The van der Waals surface area contributed by atoms with E-state index >= 15 is 0 Å². The summed E-state index contributed by atoms with van der Waals surface area (Å²) in [5.41, 5.74) is 1.10. The second-order valence-electron chi connectivity index (χ2n) is 6.52. The quantitative estimate of drug-likeness (QED) is 0.252. The van der Waals surface area contributed by atoms with Gasteiger partial charge in [-0.3, -0.25) is 15.4 Å². The Kier molecular flexibility index (Phi) is 5.93. The summed E-state index contributed by atoms with van der Waals surface area (Å²) in [6, 6.07) is 11.8. The second-order valence-corrected chi connectivity index (χ2v) is 6.52. The van der Waals surface area contributed by atoms with Crippen LogP contribution in [-0.4, -0.2) is 4.92 Å². The number of nitrogens with one attached hydrogen (secondary N) is 1. The highest BCUT2D eigenvalue weighted by molar-refractivity contribution is 5.40. The highest BCUT2D eigenvalue weighted by Crippen LogP contribution is 2.29. The van der Waals surface area contributed by atoms with E-state index in [1.165, 1.54) is 42.5 Å². The van der Waals surface area contributed by atoms with Crippen molar-refractivity contribution in [3.05, 3.63) is 111 Å². The van der Waals surface area contributed by atoms with Crippen molar-refractivity contribution in [2.24, 2.45) is 0 Å². The Morgan fingerprint density at radius 1 is 0.862 bits per heavy atom. The third-order valence-corrected chi connectivity index (χ3v) is 4.54. The first-order valence-electron chi connectivity index (χ1n) is 8.66. The van der Waals surface area contributed by atoms with E-state index in [-0.39, 0.29) is 11.3 Å². The lowest BCUT2D eigenvalue weighted by atomic mass is 9.96.